The largest absolute Gasteiger partial charge is 0.398 e. The zero-order valence-electron chi connectivity index (χ0n) is 9.89. The minimum Gasteiger partial charge on any atom is -0.398 e. The fourth-order valence-electron chi connectivity index (χ4n) is 1.39. The average Bonchev–Trinajstić information content (AvgIpc) is 2.28. The summed E-state index contributed by atoms with van der Waals surface area (Å²) in [4.78, 5) is 0. The molecule has 0 spiro atoms. The molecule has 0 saturated heterocycles. The molecule has 1 aromatic rings. The number of sulfonamides is 1. The molecule has 0 aliphatic rings. The van der Waals surface area contributed by atoms with Crippen molar-refractivity contribution in [2.45, 2.75) is 19.1 Å². The maximum Gasteiger partial charge on any atom is 0.215 e. The molecule has 0 bridgehead atoms. The monoisotopic (exact) mass is 254 g/mol. The minimum absolute atomic E-state index is 0.0739. The third-order valence-electron chi connectivity index (χ3n) is 2.27. The van der Waals surface area contributed by atoms with Crippen LogP contribution in [-0.4, -0.2) is 15.0 Å². The molecule has 17 heavy (non-hydrogen) atoms. The zero-order chi connectivity index (χ0) is 12.7. The molecule has 94 valence electrons. The van der Waals surface area contributed by atoms with Gasteiger partial charge in [-0.15, -0.1) is 0 Å². The van der Waals surface area contributed by atoms with E-state index in [1.54, 1.807) is 24.3 Å². The molecule has 4 nitrogen and oxygen atoms in total. The van der Waals surface area contributed by atoms with Gasteiger partial charge in [0.2, 0.25) is 10.0 Å². The Balaban J connectivity index is 2.58. The van der Waals surface area contributed by atoms with Gasteiger partial charge in [0.15, 0.2) is 0 Å². The highest BCUT2D eigenvalue weighted by molar-refractivity contribution is 7.88. The Morgan fingerprint density at radius 2 is 2.06 bits per heavy atom. The molecule has 0 radical (unpaired) electrons. The van der Waals surface area contributed by atoms with Gasteiger partial charge >= 0.3 is 0 Å². The first-order valence-corrected chi connectivity index (χ1v) is 7.12. The van der Waals surface area contributed by atoms with Gasteiger partial charge in [-0.2, -0.15) is 0 Å². The van der Waals surface area contributed by atoms with E-state index in [2.05, 4.69) is 4.72 Å². The Hall–Kier alpha value is -1.33. The van der Waals surface area contributed by atoms with Crippen LogP contribution in [0.4, 0.5) is 5.69 Å². The highest BCUT2D eigenvalue weighted by Gasteiger charge is 2.11. The predicted octanol–water partition coefficient (Wildman–Crippen LogP) is 1.65. The van der Waals surface area contributed by atoms with E-state index < -0.39 is 10.0 Å². The lowest BCUT2D eigenvalue weighted by Crippen LogP contribution is -2.26. The number of allylic oxidation sites excluding steroid dienone is 1. The molecule has 0 amide bonds. The van der Waals surface area contributed by atoms with E-state index in [0.29, 0.717) is 24.2 Å². The highest BCUT2D eigenvalue weighted by Crippen LogP contribution is 2.13. The third-order valence-corrected chi connectivity index (χ3v) is 3.60. The van der Waals surface area contributed by atoms with Crippen molar-refractivity contribution in [2.24, 2.45) is 0 Å². The topological polar surface area (TPSA) is 72.2 Å². The summed E-state index contributed by atoms with van der Waals surface area (Å²) in [6.45, 7) is 2.32. The van der Waals surface area contributed by atoms with Gasteiger partial charge in [0, 0.05) is 12.2 Å². The molecule has 0 unspecified atom stereocenters. The van der Waals surface area contributed by atoms with Crippen LogP contribution < -0.4 is 10.5 Å². The Labute approximate surface area is 103 Å². The summed E-state index contributed by atoms with van der Waals surface area (Å²) in [5.74, 6) is -0.0739. The number of hydrogen-bond donors (Lipinski definition) is 2. The summed E-state index contributed by atoms with van der Waals surface area (Å²) in [5, 5.41) is 0. The molecular formula is C12H18N2O2S. The van der Waals surface area contributed by atoms with E-state index in [1.165, 1.54) is 0 Å². The van der Waals surface area contributed by atoms with E-state index in [1.807, 2.05) is 19.1 Å². The lowest BCUT2D eigenvalue weighted by molar-refractivity contribution is 0.581. The lowest BCUT2D eigenvalue weighted by Gasteiger charge is -2.07. The van der Waals surface area contributed by atoms with Crippen LogP contribution in [0.2, 0.25) is 0 Å². The van der Waals surface area contributed by atoms with Crippen LogP contribution in [0, 0.1) is 0 Å². The molecule has 0 atom stereocenters. The number of rotatable bonds is 6. The first-order chi connectivity index (χ1) is 8.05. The van der Waals surface area contributed by atoms with Crippen LogP contribution in [0.3, 0.4) is 0 Å². The van der Waals surface area contributed by atoms with Gasteiger partial charge in [0.25, 0.3) is 0 Å². The third kappa shape index (κ3) is 5.01. The summed E-state index contributed by atoms with van der Waals surface area (Å²) < 4.78 is 26.0. The standard InChI is InChI=1S/C12H18N2O2S/c1-2-3-6-9-14-17(15,16)10-11-7-4-5-8-12(11)13/h2-5,7-8,14H,6,9-10,13H2,1H3/b3-2+. The van der Waals surface area contributed by atoms with Gasteiger partial charge in [-0.25, -0.2) is 13.1 Å². The number of anilines is 1. The Morgan fingerprint density at radius 1 is 1.35 bits per heavy atom. The average molecular weight is 254 g/mol. The van der Waals surface area contributed by atoms with Crippen LogP contribution in [0.5, 0.6) is 0 Å². The van der Waals surface area contributed by atoms with Gasteiger partial charge < -0.3 is 5.73 Å². The van der Waals surface area contributed by atoms with Crippen molar-refractivity contribution in [3.8, 4) is 0 Å². The minimum atomic E-state index is -3.30. The van der Waals surface area contributed by atoms with E-state index in [-0.39, 0.29) is 5.75 Å². The molecule has 0 aliphatic carbocycles. The number of nitrogen functional groups attached to an aromatic ring is 1. The lowest BCUT2D eigenvalue weighted by atomic mass is 10.2. The van der Waals surface area contributed by atoms with Crippen molar-refractivity contribution in [2.75, 3.05) is 12.3 Å². The molecule has 1 rings (SSSR count). The van der Waals surface area contributed by atoms with Crippen LogP contribution in [-0.2, 0) is 15.8 Å². The van der Waals surface area contributed by atoms with Crippen molar-refractivity contribution in [1.82, 2.24) is 4.72 Å². The molecular weight excluding hydrogens is 236 g/mol. The van der Waals surface area contributed by atoms with Crippen LogP contribution >= 0.6 is 0 Å². The zero-order valence-corrected chi connectivity index (χ0v) is 10.7. The molecule has 0 heterocycles. The molecule has 1 aromatic carbocycles. The smallest absolute Gasteiger partial charge is 0.215 e. The molecule has 0 aromatic heterocycles. The summed E-state index contributed by atoms with van der Waals surface area (Å²) >= 11 is 0. The van der Waals surface area contributed by atoms with Crippen molar-refractivity contribution >= 4 is 15.7 Å². The predicted molar refractivity (Wildman–Crippen MR) is 70.9 cm³/mol. The van der Waals surface area contributed by atoms with Gasteiger partial charge in [-0.05, 0) is 25.0 Å². The number of para-hydroxylation sites is 1. The maximum absolute atomic E-state index is 11.7. The molecule has 0 fully saturated rings. The Morgan fingerprint density at radius 3 is 2.71 bits per heavy atom. The fraction of sp³-hybridized carbons (Fsp3) is 0.333. The van der Waals surface area contributed by atoms with Crippen molar-refractivity contribution < 1.29 is 8.42 Å². The van der Waals surface area contributed by atoms with Crippen molar-refractivity contribution in [3.63, 3.8) is 0 Å². The van der Waals surface area contributed by atoms with Crippen LogP contribution in [0.15, 0.2) is 36.4 Å². The van der Waals surface area contributed by atoms with Crippen LogP contribution in [0.1, 0.15) is 18.9 Å². The molecule has 5 heteroatoms. The first-order valence-electron chi connectivity index (χ1n) is 5.47. The maximum atomic E-state index is 11.7. The second-order valence-corrected chi connectivity index (χ2v) is 5.52. The first kappa shape index (κ1) is 13.7. The summed E-state index contributed by atoms with van der Waals surface area (Å²) in [6.07, 6.45) is 4.50. The summed E-state index contributed by atoms with van der Waals surface area (Å²) in [6, 6.07) is 6.98. The quantitative estimate of drug-likeness (QED) is 0.460. The summed E-state index contributed by atoms with van der Waals surface area (Å²) in [5.41, 5.74) is 6.84. The second-order valence-electron chi connectivity index (χ2n) is 3.71. The number of nitrogens with two attached hydrogens (primary N) is 1. The molecule has 0 aliphatic heterocycles. The van der Waals surface area contributed by atoms with Gasteiger partial charge in [0.05, 0.1) is 5.75 Å². The number of hydrogen-bond acceptors (Lipinski definition) is 3. The van der Waals surface area contributed by atoms with E-state index in [4.69, 9.17) is 5.73 Å². The molecule has 3 N–H and O–H groups in total. The fourth-order valence-corrected chi connectivity index (χ4v) is 2.59. The summed E-state index contributed by atoms with van der Waals surface area (Å²) in [7, 11) is -3.30. The Kier molecular flexibility index (Phi) is 5.18. The number of nitrogens with one attached hydrogen (secondary N) is 1. The number of benzene rings is 1. The van der Waals surface area contributed by atoms with E-state index in [0.717, 1.165) is 0 Å². The highest BCUT2D eigenvalue weighted by atomic mass is 32.2. The van der Waals surface area contributed by atoms with Gasteiger partial charge in [-0.1, -0.05) is 30.4 Å². The van der Waals surface area contributed by atoms with Crippen molar-refractivity contribution in [1.29, 1.82) is 0 Å². The van der Waals surface area contributed by atoms with E-state index >= 15 is 0 Å². The Bertz CT molecular complexity index is 481. The van der Waals surface area contributed by atoms with Crippen molar-refractivity contribution in [3.05, 3.63) is 42.0 Å². The second kappa shape index (κ2) is 6.42. The molecule has 0 saturated carbocycles. The van der Waals surface area contributed by atoms with Gasteiger partial charge in [0.1, 0.15) is 0 Å². The van der Waals surface area contributed by atoms with E-state index in [9.17, 15) is 8.42 Å². The van der Waals surface area contributed by atoms with Gasteiger partial charge in [-0.3, -0.25) is 0 Å². The normalized spacial score (nSPS) is 12.1. The SMILES string of the molecule is C/C=C/CCNS(=O)(=O)Cc1ccccc1N. The van der Waals surface area contributed by atoms with Crippen LogP contribution in [0.25, 0.3) is 0 Å².